The Bertz CT molecular complexity index is 607. The van der Waals surface area contributed by atoms with Crippen LogP contribution >= 0.6 is 0 Å². The van der Waals surface area contributed by atoms with Crippen LogP contribution in [-0.4, -0.2) is 34.6 Å². The molecule has 0 atom stereocenters. The average molecular weight is 286 g/mol. The van der Waals surface area contributed by atoms with Gasteiger partial charge in [0, 0.05) is 6.21 Å². The quantitative estimate of drug-likeness (QED) is 0.259. The van der Waals surface area contributed by atoms with Gasteiger partial charge in [-0.05, 0) is 24.1 Å². The Morgan fingerprint density at radius 1 is 1.50 bits per heavy atom. The van der Waals surface area contributed by atoms with Crippen LogP contribution in [0.25, 0.3) is 6.08 Å². The number of amides is 2. The van der Waals surface area contributed by atoms with Crippen molar-refractivity contribution in [2.75, 3.05) is 6.54 Å². The molecule has 0 aliphatic carbocycles. The number of rotatable bonds is 4. The molecular weight excluding hydrogens is 279 g/mol. The molecule has 1 aromatic heterocycles. The Morgan fingerprint density at radius 2 is 2.25 bits per heavy atom. The van der Waals surface area contributed by atoms with Gasteiger partial charge in [0.1, 0.15) is 10.7 Å². The van der Waals surface area contributed by atoms with Crippen LogP contribution in [0.3, 0.4) is 0 Å². The molecule has 0 saturated heterocycles. The normalized spacial score (nSPS) is 14.9. The average Bonchev–Trinajstić information content (AvgIpc) is 2.92. The fourth-order valence-corrected chi connectivity index (χ4v) is 1.27. The molecule has 0 fully saturated rings. The zero-order chi connectivity index (χ0) is 13.8. The first-order chi connectivity index (χ1) is 9.06. The van der Waals surface area contributed by atoms with E-state index in [0.29, 0.717) is 0 Å². The van der Waals surface area contributed by atoms with Gasteiger partial charge in [0.2, 0.25) is 0 Å². The van der Waals surface area contributed by atoms with Gasteiger partial charge < -0.3 is 9.52 Å². The van der Waals surface area contributed by atoms with E-state index in [1.54, 1.807) is 0 Å². The number of hydrogen-bond donors (Lipinski definition) is 0. The molecule has 0 saturated carbocycles. The molecule has 1 aliphatic rings. The van der Waals surface area contributed by atoms with Gasteiger partial charge in [0.25, 0.3) is 0 Å². The van der Waals surface area contributed by atoms with E-state index in [9.17, 15) is 20.0 Å². The first-order valence-corrected chi connectivity index (χ1v) is 5.07. The van der Waals surface area contributed by atoms with Crippen LogP contribution in [0, 0.1) is 10.1 Å². The fourth-order valence-electron chi connectivity index (χ4n) is 1.27. The van der Waals surface area contributed by atoms with Crippen LogP contribution in [0.15, 0.2) is 32.7 Å². The smallest absolute Gasteiger partial charge is 0.860 e. The van der Waals surface area contributed by atoms with Crippen LogP contribution in [0.5, 0.6) is 0 Å². The molecular formula is C10H7N4NaO5. The van der Waals surface area contributed by atoms with Gasteiger partial charge in [0.05, 0.1) is 12.6 Å². The van der Waals surface area contributed by atoms with E-state index in [1.165, 1.54) is 30.5 Å². The number of hydrazone groups is 1. The number of carbonyl (C=O) groups excluding carboxylic acids is 1. The summed E-state index contributed by atoms with van der Waals surface area (Å²) in [5.41, 5.74) is 0. The molecule has 1 aliphatic heterocycles. The molecule has 0 bridgehead atoms. The zero-order valence-electron chi connectivity index (χ0n) is 10.4. The Balaban J connectivity index is 0.00000200. The predicted octanol–water partition coefficient (Wildman–Crippen LogP) is -2.61. The van der Waals surface area contributed by atoms with Crippen molar-refractivity contribution in [3.05, 3.63) is 34.1 Å². The van der Waals surface area contributed by atoms with Crippen molar-refractivity contribution < 1.29 is 48.8 Å². The molecule has 2 rings (SSSR count). The first kappa shape index (κ1) is 16.1. The molecule has 20 heavy (non-hydrogen) atoms. The van der Waals surface area contributed by atoms with Gasteiger partial charge in [-0.2, -0.15) is 5.10 Å². The summed E-state index contributed by atoms with van der Waals surface area (Å²) in [6.07, 6.45) is 4.09. The summed E-state index contributed by atoms with van der Waals surface area (Å²) >= 11 is 0. The van der Waals surface area contributed by atoms with Gasteiger partial charge in [-0.15, -0.1) is 0 Å². The third-order valence-electron chi connectivity index (χ3n) is 2.07. The molecule has 9 nitrogen and oxygen atoms in total. The van der Waals surface area contributed by atoms with Gasteiger partial charge in [0.15, 0.2) is 0 Å². The van der Waals surface area contributed by atoms with Crippen LogP contribution < -0.4 is 34.7 Å². The maximum absolute atomic E-state index is 11.0. The summed E-state index contributed by atoms with van der Waals surface area (Å²) in [6.45, 7) is -0.185. The van der Waals surface area contributed by atoms with Crippen molar-refractivity contribution in [1.82, 2.24) is 5.01 Å². The molecule has 0 radical (unpaired) electrons. The van der Waals surface area contributed by atoms with Crippen molar-refractivity contribution in [3.8, 4) is 0 Å². The maximum atomic E-state index is 11.0. The van der Waals surface area contributed by atoms with Gasteiger partial charge in [-0.3, -0.25) is 10.1 Å². The molecule has 1 aromatic rings. The van der Waals surface area contributed by atoms with Crippen LogP contribution in [0.2, 0.25) is 0 Å². The number of aliphatic imine (C=N–C) groups is 1. The topological polar surface area (TPSA) is 124 Å². The van der Waals surface area contributed by atoms with E-state index in [0.717, 1.165) is 5.01 Å². The van der Waals surface area contributed by atoms with E-state index in [-0.39, 0.29) is 47.7 Å². The number of nitrogens with zero attached hydrogens (tertiary/aromatic N) is 4. The minimum absolute atomic E-state index is 0. The largest absolute Gasteiger partial charge is 1.00 e. The summed E-state index contributed by atoms with van der Waals surface area (Å²) in [4.78, 5) is 23.9. The fraction of sp³-hybridized carbons (Fsp3) is 0.100. The number of carbonyl (C=O) groups is 1. The maximum Gasteiger partial charge on any atom is 1.00 e. The third kappa shape index (κ3) is 4.02. The van der Waals surface area contributed by atoms with Crippen molar-refractivity contribution in [2.45, 2.75) is 0 Å². The Hall–Kier alpha value is -1.97. The van der Waals surface area contributed by atoms with Crippen molar-refractivity contribution >= 4 is 30.1 Å². The van der Waals surface area contributed by atoms with Crippen LogP contribution in [-0.2, 0) is 0 Å². The Morgan fingerprint density at radius 3 is 2.80 bits per heavy atom. The van der Waals surface area contributed by atoms with E-state index in [2.05, 4.69) is 10.1 Å². The number of hydrogen-bond acceptors (Lipinski definition) is 6. The number of nitro groups is 1. The standard InChI is InChI=1S/C10H8N4O5.Na/c15-8-6-13(10(16)12-8)11-5-1-2-7-3-4-9(19-7)14(17)18;/h1-5H,6H2,(H,12,15,16);/q;+1/p-1/b2-1+,11-5+;. The first-order valence-electron chi connectivity index (χ1n) is 5.07. The minimum atomic E-state index is -0.719. The van der Waals surface area contributed by atoms with Crippen molar-refractivity contribution in [3.63, 3.8) is 0 Å². The number of furan rings is 1. The molecule has 98 valence electrons. The predicted molar refractivity (Wildman–Crippen MR) is 62.4 cm³/mol. The molecule has 0 N–H and O–H groups in total. The van der Waals surface area contributed by atoms with E-state index < -0.39 is 16.9 Å². The summed E-state index contributed by atoms with van der Waals surface area (Å²) < 4.78 is 4.85. The molecule has 0 spiro atoms. The van der Waals surface area contributed by atoms with E-state index >= 15 is 0 Å². The summed E-state index contributed by atoms with van der Waals surface area (Å²) in [7, 11) is 0. The third-order valence-corrected chi connectivity index (χ3v) is 2.07. The molecule has 2 heterocycles. The number of urea groups is 1. The molecule has 2 amide bonds. The molecule has 10 heteroatoms. The van der Waals surface area contributed by atoms with Crippen LogP contribution in [0.1, 0.15) is 5.76 Å². The molecule has 0 unspecified atom stereocenters. The Labute approximate surface area is 134 Å². The van der Waals surface area contributed by atoms with Crippen molar-refractivity contribution in [1.29, 1.82) is 0 Å². The van der Waals surface area contributed by atoms with E-state index in [4.69, 9.17) is 4.42 Å². The monoisotopic (exact) mass is 286 g/mol. The summed E-state index contributed by atoms with van der Waals surface area (Å²) in [5.74, 6) is -0.643. The second-order valence-electron chi connectivity index (χ2n) is 3.40. The summed E-state index contributed by atoms with van der Waals surface area (Å²) in [6, 6.07) is 1.92. The number of allylic oxidation sites excluding steroid dienone is 1. The SMILES string of the molecule is O=C1N=C([O-])CN1/N=C/C=C/c1ccc([N+](=O)[O-])o1.[Na+]. The van der Waals surface area contributed by atoms with Gasteiger partial charge >= 0.3 is 41.5 Å². The van der Waals surface area contributed by atoms with Crippen LogP contribution in [0.4, 0.5) is 10.7 Å². The minimum Gasteiger partial charge on any atom is -0.860 e. The second kappa shape index (κ2) is 6.98. The second-order valence-corrected chi connectivity index (χ2v) is 3.40. The van der Waals surface area contributed by atoms with Crippen molar-refractivity contribution in [2.24, 2.45) is 10.1 Å². The van der Waals surface area contributed by atoms with E-state index in [1.807, 2.05) is 0 Å². The van der Waals surface area contributed by atoms with Gasteiger partial charge in [-0.25, -0.2) is 14.8 Å². The Kier molecular flexibility index (Phi) is 5.62. The molecule has 0 aromatic carbocycles. The summed E-state index contributed by atoms with van der Waals surface area (Å²) in [5, 5.41) is 25.7. The van der Waals surface area contributed by atoms with Gasteiger partial charge in [-0.1, -0.05) is 0 Å². The zero-order valence-corrected chi connectivity index (χ0v) is 12.4.